The molecular weight excluding hydrogens is 372 g/mol. The van der Waals surface area contributed by atoms with Crippen molar-refractivity contribution in [3.63, 3.8) is 0 Å². The molecule has 0 aliphatic heterocycles. The number of esters is 1. The zero-order chi connectivity index (χ0) is 20.2. The number of rotatable bonds is 7. The van der Waals surface area contributed by atoms with Gasteiger partial charge in [0.15, 0.2) is 0 Å². The number of hydrogen-bond acceptors (Lipinski definition) is 6. The molecule has 0 aliphatic rings. The molecule has 0 spiro atoms. The molecule has 0 heterocycles. The minimum absolute atomic E-state index is 0.102. The molecule has 2 rings (SSSR count). The van der Waals surface area contributed by atoms with E-state index in [1.54, 1.807) is 38.1 Å². The number of hydrogen-bond donors (Lipinski definition) is 1. The van der Waals surface area contributed by atoms with Crippen molar-refractivity contribution in [2.45, 2.75) is 25.2 Å². The van der Waals surface area contributed by atoms with Crippen molar-refractivity contribution >= 4 is 21.7 Å². The summed E-state index contributed by atoms with van der Waals surface area (Å²) in [4.78, 5) is 21.7. The number of methoxy groups -OCH3 is 1. The third kappa shape index (κ3) is 4.89. The summed E-state index contributed by atoms with van der Waals surface area (Å²) in [5.41, 5.74) is 1.97. The zero-order valence-corrected chi connectivity index (χ0v) is 16.0. The number of non-ortho nitro benzene ring substituents is 1. The number of nitrogens with zero attached hydrogens (tertiary/aromatic N) is 1. The summed E-state index contributed by atoms with van der Waals surface area (Å²) >= 11 is 0. The topological polar surface area (TPSA) is 116 Å². The minimum atomic E-state index is -3.89. The van der Waals surface area contributed by atoms with E-state index in [9.17, 15) is 23.3 Å². The Labute approximate surface area is 157 Å². The molecule has 2 aromatic rings. The monoisotopic (exact) mass is 392 g/mol. The summed E-state index contributed by atoms with van der Waals surface area (Å²) in [5.74, 6) is -0.446. The number of benzene rings is 2. The van der Waals surface area contributed by atoms with Gasteiger partial charge in [-0.25, -0.2) is 17.9 Å². The van der Waals surface area contributed by atoms with Crippen LogP contribution in [-0.4, -0.2) is 33.0 Å². The lowest BCUT2D eigenvalue weighted by atomic mass is 10.1. The van der Waals surface area contributed by atoms with E-state index in [2.05, 4.69) is 9.46 Å². The van der Waals surface area contributed by atoms with Gasteiger partial charge in [0.1, 0.15) is 0 Å². The third-order valence-corrected chi connectivity index (χ3v) is 5.77. The number of nitro benzene ring substituents is 1. The highest BCUT2D eigenvalue weighted by molar-refractivity contribution is 7.89. The molecule has 27 heavy (non-hydrogen) atoms. The summed E-state index contributed by atoms with van der Waals surface area (Å²) in [5, 5.41) is 11.0. The van der Waals surface area contributed by atoms with Crippen LogP contribution < -0.4 is 4.72 Å². The van der Waals surface area contributed by atoms with Crippen molar-refractivity contribution in [3.05, 3.63) is 68.8 Å². The second-order valence-electron chi connectivity index (χ2n) is 5.98. The summed E-state index contributed by atoms with van der Waals surface area (Å²) in [7, 11) is -2.60. The van der Waals surface area contributed by atoms with E-state index in [-0.39, 0.29) is 17.1 Å². The predicted molar refractivity (Wildman–Crippen MR) is 99.2 cm³/mol. The number of carbonyl (C=O) groups excluding carboxylic acids is 1. The van der Waals surface area contributed by atoms with E-state index in [1.165, 1.54) is 13.2 Å². The number of nitro groups is 1. The van der Waals surface area contributed by atoms with Gasteiger partial charge in [-0.2, -0.15) is 0 Å². The average molecular weight is 392 g/mol. The molecule has 0 aromatic heterocycles. The van der Waals surface area contributed by atoms with Crippen molar-refractivity contribution in [2.75, 3.05) is 13.7 Å². The van der Waals surface area contributed by atoms with Crippen molar-refractivity contribution < 1.29 is 22.9 Å². The van der Waals surface area contributed by atoms with Crippen LogP contribution in [0.15, 0.2) is 41.3 Å². The molecule has 144 valence electrons. The lowest BCUT2D eigenvalue weighted by Crippen LogP contribution is -2.27. The van der Waals surface area contributed by atoms with Crippen LogP contribution in [0.3, 0.4) is 0 Å². The number of aryl methyl sites for hydroxylation is 1. The van der Waals surface area contributed by atoms with Crippen LogP contribution in [0, 0.1) is 24.0 Å². The highest BCUT2D eigenvalue weighted by Gasteiger charge is 2.22. The summed E-state index contributed by atoms with van der Waals surface area (Å²) in [6.45, 7) is 3.35. The fourth-order valence-corrected chi connectivity index (χ4v) is 3.89. The van der Waals surface area contributed by atoms with E-state index in [0.29, 0.717) is 23.1 Å². The summed E-state index contributed by atoms with van der Waals surface area (Å²) in [6, 6.07) is 9.03. The molecule has 2 aromatic carbocycles. The highest BCUT2D eigenvalue weighted by Crippen LogP contribution is 2.25. The van der Waals surface area contributed by atoms with Gasteiger partial charge in [-0.05, 0) is 49.1 Å². The average Bonchev–Trinajstić information content (AvgIpc) is 2.63. The first-order valence-corrected chi connectivity index (χ1v) is 9.56. The maximum absolute atomic E-state index is 12.6. The first-order valence-electron chi connectivity index (χ1n) is 8.08. The van der Waals surface area contributed by atoms with Crippen LogP contribution in [0.25, 0.3) is 0 Å². The van der Waals surface area contributed by atoms with E-state index in [0.717, 1.165) is 11.6 Å². The molecular formula is C18H20N2O6S. The molecule has 0 bridgehead atoms. The SMILES string of the molecule is COC(=O)c1ccc(CCNS(=O)(=O)c2cc([N+](=O)[O-])cc(C)c2C)cc1. The van der Waals surface area contributed by atoms with Gasteiger partial charge in [-0.3, -0.25) is 10.1 Å². The maximum atomic E-state index is 12.6. The lowest BCUT2D eigenvalue weighted by Gasteiger charge is -2.11. The lowest BCUT2D eigenvalue weighted by molar-refractivity contribution is -0.385. The van der Waals surface area contributed by atoms with Crippen molar-refractivity contribution in [2.24, 2.45) is 0 Å². The minimum Gasteiger partial charge on any atom is -0.465 e. The maximum Gasteiger partial charge on any atom is 0.337 e. The Kier molecular flexibility index (Phi) is 6.29. The standard InChI is InChI=1S/C18H20N2O6S/c1-12-10-16(20(22)23)11-17(13(12)2)27(24,25)19-9-8-14-4-6-15(7-5-14)18(21)26-3/h4-7,10-11,19H,8-9H2,1-3H3. The van der Waals surface area contributed by atoms with E-state index < -0.39 is 20.9 Å². The van der Waals surface area contributed by atoms with Gasteiger partial charge in [0.2, 0.25) is 10.0 Å². The first-order chi connectivity index (χ1) is 12.7. The largest absolute Gasteiger partial charge is 0.465 e. The van der Waals surface area contributed by atoms with Gasteiger partial charge in [0.25, 0.3) is 5.69 Å². The van der Waals surface area contributed by atoms with Crippen molar-refractivity contribution in [1.29, 1.82) is 0 Å². The van der Waals surface area contributed by atoms with Crippen molar-refractivity contribution in [1.82, 2.24) is 4.72 Å². The van der Waals surface area contributed by atoms with Gasteiger partial charge in [0.05, 0.1) is 22.5 Å². The van der Waals surface area contributed by atoms with Crippen LogP contribution in [0.4, 0.5) is 5.69 Å². The smallest absolute Gasteiger partial charge is 0.337 e. The Morgan fingerprint density at radius 3 is 2.37 bits per heavy atom. The summed E-state index contributed by atoms with van der Waals surface area (Å²) < 4.78 is 32.2. The number of ether oxygens (including phenoxy) is 1. The van der Waals surface area contributed by atoms with Crippen LogP contribution in [0.5, 0.6) is 0 Å². The number of nitrogens with one attached hydrogen (secondary N) is 1. The molecule has 0 saturated heterocycles. The molecule has 0 saturated carbocycles. The Hall–Kier alpha value is -2.78. The van der Waals surface area contributed by atoms with Gasteiger partial charge >= 0.3 is 5.97 Å². The van der Waals surface area contributed by atoms with Crippen molar-refractivity contribution in [3.8, 4) is 0 Å². The van der Waals surface area contributed by atoms with Gasteiger partial charge in [0, 0.05) is 18.7 Å². The van der Waals surface area contributed by atoms with Crippen LogP contribution in [-0.2, 0) is 21.2 Å². The quantitative estimate of drug-likeness (QED) is 0.440. The van der Waals surface area contributed by atoms with Gasteiger partial charge in [-0.1, -0.05) is 12.1 Å². The molecule has 0 amide bonds. The molecule has 0 radical (unpaired) electrons. The molecule has 1 N–H and O–H groups in total. The van der Waals surface area contributed by atoms with Crippen LogP contribution in [0.2, 0.25) is 0 Å². The predicted octanol–water partition coefficient (Wildman–Crippen LogP) is 2.52. The number of sulfonamides is 1. The van der Waals surface area contributed by atoms with E-state index >= 15 is 0 Å². The fraction of sp³-hybridized carbons (Fsp3) is 0.278. The van der Waals surface area contributed by atoms with Gasteiger partial charge < -0.3 is 4.74 Å². The van der Waals surface area contributed by atoms with Crippen LogP contribution >= 0.6 is 0 Å². The Morgan fingerprint density at radius 2 is 1.81 bits per heavy atom. The zero-order valence-electron chi connectivity index (χ0n) is 15.2. The Morgan fingerprint density at radius 1 is 1.19 bits per heavy atom. The van der Waals surface area contributed by atoms with E-state index in [4.69, 9.17) is 0 Å². The van der Waals surface area contributed by atoms with Gasteiger partial charge in [-0.15, -0.1) is 0 Å². The number of carbonyl (C=O) groups is 1. The molecule has 0 unspecified atom stereocenters. The molecule has 8 nitrogen and oxygen atoms in total. The second kappa shape index (κ2) is 8.28. The summed E-state index contributed by atoms with van der Waals surface area (Å²) in [6.07, 6.45) is 0.396. The molecule has 0 atom stereocenters. The fourth-order valence-electron chi connectivity index (χ4n) is 2.53. The normalized spacial score (nSPS) is 11.2. The second-order valence-corrected chi connectivity index (χ2v) is 7.71. The first kappa shape index (κ1) is 20.5. The third-order valence-electron chi connectivity index (χ3n) is 4.19. The molecule has 0 aliphatic carbocycles. The molecule has 0 fully saturated rings. The Bertz CT molecular complexity index is 968. The molecule has 9 heteroatoms. The van der Waals surface area contributed by atoms with Crippen LogP contribution in [0.1, 0.15) is 27.0 Å². The Balaban J connectivity index is 2.11. The highest BCUT2D eigenvalue weighted by atomic mass is 32.2. The van der Waals surface area contributed by atoms with E-state index in [1.807, 2.05) is 0 Å².